The molecule has 0 bridgehead atoms. The number of hydrogen-bond donors (Lipinski definition) is 0. The van der Waals surface area contributed by atoms with Crippen LogP contribution in [0.15, 0.2) is 42.5 Å². The number of hydrogen-bond acceptors (Lipinski definition) is 5. The second-order valence-corrected chi connectivity index (χ2v) is 7.50. The minimum Gasteiger partial charge on any atom is -0.467 e. The Balaban J connectivity index is 1.87. The normalized spacial score (nSPS) is 25.5. The molecular weight excluding hydrogens is 332 g/mol. The maximum absolute atomic E-state index is 11.2. The second kappa shape index (κ2) is 5.45. The summed E-state index contributed by atoms with van der Waals surface area (Å²) >= 11 is 0. The lowest BCUT2D eigenvalue weighted by atomic mass is 9.73. The van der Waals surface area contributed by atoms with E-state index in [1.54, 1.807) is 19.2 Å². The van der Waals surface area contributed by atoms with E-state index in [4.69, 9.17) is 9.47 Å². The molecule has 26 heavy (non-hydrogen) atoms. The highest BCUT2D eigenvalue weighted by atomic mass is 16.6. The number of rotatable bonds is 2. The smallest absolute Gasteiger partial charge is 0.270 e. The van der Waals surface area contributed by atoms with Crippen LogP contribution in [-0.2, 0) is 10.2 Å². The highest BCUT2D eigenvalue weighted by Crippen LogP contribution is 2.57. The summed E-state index contributed by atoms with van der Waals surface area (Å²) in [6.45, 7) is 4.36. The topological polar surface area (TPSA) is 64.8 Å². The van der Waals surface area contributed by atoms with Crippen molar-refractivity contribution in [2.24, 2.45) is 0 Å². The van der Waals surface area contributed by atoms with Gasteiger partial charge in [-0.1, -0.05) is 18.2 Å². The summed E-state index contributed by atoms with van der Waals surface area (Å²) in [6.07, 6.45) is 0.297. The molecule has 0 amide bonds. The van der Waals surface area contributed by atoms with E-state index in [9.17, 15) is 10.1 Å². The minimum atomic E-state index is -0.625. The molecule has 0 radical (unpaired) electrons. The molecule has 0 fully saturated rings. The summed E-state index contributed by atoms with van der Waals surface area (Å²) in [7, 11) is 3.68. The third-order valence-corrected chi connectivity index (χ3v) is 6.03. The van der Waals surface area contributed by atoms with Gasteiger partial charge in [0.05, 0.1) is 16.4 Å². The van der Waals surface area contributed by atoms with Crippen LogP contribution in [0.25, 0.3) is 0 Å². The number of nitro benzene ring substituents is 1. The predicted molar refractivity (Wildman–Crippen MR) is 98.7 cm³/mol. The van der Waals surface area contributed by atoms with E-state index >= 15 is 0 Å². The van der Waals surface area contributed by atoms with Gasteiger partial charge in [-0.25, -0.2) is 0 Å². The van der Waals surface area contributed by atoms with Crippen molar-refractivity contribution in [3.8, 4) is 5.75 Å². The Morgan fingerprint density at radius 3 is 2.65 bits per heavy atom. The highest BCUT2D eigenvalue weighted by Gasteiger charge is 2.60. The molecule has 6 nitrogen and oxygen atoms in total. The van der Waals surface area contributed by atoms with E-state index in [1.807, 2.05) is 19.2 Å². The van der Waals surface area contributed by atoms with E-state index in [0.29, 0.717) is 12.2 Å². The van der Waals surface area contributed by atoms with Crippen molar-refractivity contribution < 1.29 is 14.4 Å². The zero-order valence-corrected chi connectivity index (χ0v) is 15.4. The largest absolute Gasteiger partial charge is 0.467 e. The van der Waals surface area contributed by atoms with Crippen LogP contribution in [0.5, 0.6) is 5.75 Å². The first kappa shape index (κ1) is 16.8. The maximum Gasteiger partial charge on any atom is 0.270 e. The van der Waals surface area contributed by atoms with Crippen molar-refractivity contribution >= 4 is 11.4 Å². The number of para-hydroxylation sites is 1. The predicted octanol–water partition coefficient (Wildman–Crippen LogP) is 4.19. The molecule has 4 rings (SSSR count). The average molecular weight is 354 g/mol. The van der Waals surface area contributed by atoms with E-state index in [0.717, 1.165) is 11.3 Å². The summed E-state index contributed by atoms with van der Waals surface area (Å²) in [4.78, 5) is 12.9. The molecule has 6 heteroatoms. The van der Waals surface area contributed by atoms with Crippen LogP contribution in [0.3, 0.4) is 0 Å². The van der Waals surface area contributed by atoms with E-state index < -0.39 is 10.6 Å². The lowest BCUT2D eigenvalue weighted by Crippen LogP contribution is -2.61. The first-order chi connectivity index (χ1) is 12.3. The van der Waals surface area contributed by atoms with Crippen LogP contribution in [0.2, 0.25) is 0 Å². The summed E-state index contributed by atoms with van der Waals surface area (Å²) in [5, 5.41) is 11.2. The van der Waals surface area contributed by atoms with Gasteiger partial charge in [-0.15, -0.1) is 0 Å². The Labute approximate surface area is 152 Å². The van der Waals surface area contributed by atoms with Crippen LogP contribution in [0.1, 0.15) is 37.5 Å². The van der Waals surface area contributed by atoms with Crippen molar-refractivity contribution in [1.29, 1.82) is 0 Å². The lowest BCUT2D eigenvalue weighted by molar-refractivity contribution is -0.385. The van der Waals surface area contributed by atoms with Crippen molar-refractivity contribution in [3.63, 3.8) is 0 Å². The average Bonchev–Trinajstić information content (AvgIpc) is 2.79. The van der Waals surface area contributed by atoms with Crippen molar-refractivity contribution in [1.82, 2.24) is 0 Å². The van der Waals surface area contributed by atoms with Gasteiger partial charge in [-0.3, -0.25) is 10.1 Å². The fourth-order valence-corrected chi connectivity index (χ4v) is 4.50. The van der Waals surface area contributed by atoms with Gasteiger partial charge in [0.1, 0.15) is 5.75 Å². The molecule has 2 aliphatic heterocycles. The molecule has 2 atom stereocenters. The lowest BCUT2D eigenvalue weighted by Gasteiger charge is -2.50. The van der Waals surface area contributed by atoms with Gasteiger partial charge in [0.15, 0.2) is 5.72 Å². The Kier molecular flexibility index (Phi) is 3.53. The number of non-ortho nitro benzene ring substituents is 1. The molecule has 2 aliphatic rings. The van der Waals surface area contributed by atoms with E-state index in [1.165, 1.54) is 11.6 Å². The summed E-state index contributed by atoms with van der Waals surface area (Å²) < 4.78 is 12.3. The van der Waals surface area contributed by atoms with Gasteiger partial charge in [0, 0.05) is 44.0 Å². The fraction of sp³-hybridized carbons (Fsp3) is 0.400. The van der Waals surface area contributed by atoms with E-state index in [-0.39, 0.29) is 17.2 Å². The van der Waals surface area contributed by atoms with Gasteiger partial charge >= 0.3 is 0 Å². The monoisotopic (exact) mass is 354 g/mol. The third-order valence-electron chi connectivity index (χ3n) is 6.03. The van der Waals surface area contributed by atoms with Gasteiger partial charge in [0.25, 0.3) is 5.69 Å². The SMILES string of the molecule is COC1CC2(Oc3ccc([N+](=O)[O-])cc31)N(C)c1ccccc1C2(C)C. The fourth-order valence-electron chi connectivity index (χ4n) is 4.50. The summed E-state index contributed by atoms with van der Waals surface area (Å²) in [5.74, 6) is 0.640. The van der Waals surface area contributed by atoms with Crippen molar-refractivity contribution in [2.75, 3.05) is 19.1 Å². The number of nitro groups is 1. The Morgan fingerprint density at radius 1 is 1.27 bits per heavy atom. The number of ether oxygens (including phenoxy) is 2. The molecule has 0 aliphatic carbocycles. The minimum absolute atomic E-state index is 0.0488. The van der Waals surface area contributed by atoms with Crippen LogP contribution >= 0.6 is 0 Å². The standard InChI is InChI=1S/C20H22N2O4/c1-19(2)15-7-5-6-8-16(15)21(3)20(19)12-18(25-4)14-11-13(22(23)24)9-10-17(14)26-20/h5-11,18H,12H2,1-4H3. The number of likely N-dealkylation sites (N-methyl/N-ethyl adjacent to an activating group) is 1. The molecule has 0 N–H and O–H groups in total. The zero-order chi connectivity index (χ0) is 18.7. The molecule has 0 saturated carbocycles. The quantitative estimate of drug-likeness (QED) is 0.598. The third kappa shape index (κ3) is 2.02. The van der Waals surface area contributed by atoms with E-state index in [2.05, 4.69) is 30.9 Å². The Hall–Kier alpha value is -2.60. The number of anilines is 1. The molecule has 2 aromatic rings. The van der Waals surface area contributed by atoms with Gasteiger partial charge in [-0.2, -0.15) is 0 Å². The van der Waals surface area contributed by atoms with Gasteiger partial charge in [0.2, 0.25) is 0 Å². The summed E-state index contributed by atoms with van der Waals surface area (Å²) in [5.41, 5.74) is 2.23. The zero-order valence-electron chi connectivity index (χ0n) is 15.4. The molecule has 2 heterocycles. The van der Waals surface area contributed by atoms with Crippen LogP contribution in [0.4, 0.5) is 11.4 Å². The highest BCUT2D eigenvalue weighted by molar-refractivity contribution is 5.66. The number of benzene rings is 2. The Morgan fingerprint density at radius 2 is 2.00 bits per heavy atom. The van der Waals surface area contributed by atoms with Crippen LogP contribution in [-0.4, -0.2) is 24.8 Å². The molecule has 1 spiro atoms. The molecule has 2 aromatic carbocycles. The first-order valence-corrected chi connectivity index (χ1v) is 8.65. The molecular formula is C20H22N2O4. The Bertz CT molecular complexity index is 895. The van der Waals surface area contributed by atoms with Crippen LogP contribution < -0.4 is 9.64 Å². The molecule has 2 unspecified atom stereocenters. The maximum atomic E-state index is 11.2. The number of fused-ring (bicyclic) bond motifs is 2. The number of methoxy groups -OCH3 is 1. The van der Waals surface area contributed by atoms with Crippen molar-refractivity contribution in [2.45, 2.75) is 37.5 Å². The van der Waals surface area contributed by atoms with Crippen LogP contribution in [0, 0.1) is 10.1 Å². The molecule has 136 valence electrons. The van der Waals surface area contributed by atoms with Gasteiger partial charge in [-0.05, 0) is 31.5 Å². The second-order valence-electron chi connectivity index (χ2n) is 7.50. The summed E-state index contributed by atoms with van der Waals surface area (Å²) in [6, 6.07) is 13.0. The molecule has 0 saturated heterocycles. The van der Waals surface area contributed by atoms with Crippen molar-refractivity contribution in [3.05, 3.63) is 63.7 Å². The molecule has 0 aromatic heterocycles. The first-order valence-electron chi connectivity index (χ1n) is 8.65. The number of nitrogens with zero attached hydrogens (tertiary/aromatic N) is 2. The van der Waals surface area contributed by atoms with Gasteiger partial charge < -0.3 is 14.4 Å².